The summed E-state index contributed by atoms with van der Waals surface area (Å²) in [5.74, 6) is 2.08. The number of Topliss-reactive ketones (excluding diaryl/α,β-unsaturated/α-hetero) is 1. The zero-order chi connectivity index (χ0) is 21.0. The number of benzene rings is 1. The molecule has 0 fully saturated rings. The van der Waals surface area contributed by atoms with Gasteiger partial charge in [-0.25, -0.2) is 0 Å². The lowest BCUT2D eigenvalue weighted by molar-refractivity contribution is 0.0886. The van der Waals surface area contributed by atoms with Crippen LogP contribution in [0.15, 0.2) is 22.6 Å². The second-order valence-corrected chi connectivity index (χ2v) is 9.43. The first kappa shape index (κ1) is 19.6. The Kier molecular flexibility index (Phi) is 4.48. The van der Waals surface area contributed by atoms with Gasteiger partial charge in [0.1, 0.15) is 5.76 Å². The predicted octanol–water partition coefficient (Wildman–Crippen LogP) is 4.18. The minimum atomic E-state index is -0.325. The van der Waals surface area contributed by atoms with Crippen molar-refractivity contribution < 1.29 is 23.5 Å². The van der Waals surface area contributed by atoms with Crippen LogP contribution in [0, 0.1) is 12.3 Å². The Hall–Kier alpha value is -2.76. The number of fused-ring (bicyclic) bond motifs is 2. The molecule has 4 rings (SSSR count). The van der Waals surface area contributed by atoms with Gasteiger partial charge < -0.3 is 19.2 Å². The topological polar surface area (TPSA) is 77.8 Å². The summed E-state index contributed by atoms with van der Waals surface area (Å²) < 4.78 is 16.7. The van der Waals surface area contributed by atoms with Crippen LogP contribution in [-0.2, 0) is 11.8 Å². The number of ether oxygens (including phenoxy) is 2. The van der Waals surface area contributed by atoms with Crippen LogP contribution in [0.5, 0.6) is 11.5 Å². The molecule has 0 spiro atoms. The fraction of sp³-hybridized carbons (Fsp3) is 0.478. The molecular formula is C23H27NO5. The molecule has 0 atom stereocenters. The van der Waals surface area contributed by atoms with Crippen LogP contribution in [0.25, 0.3) is 0 Å². The van der Waals surface area contributed by atoms with Crippen LogP contribution < -0.4 is 14.8 Å². The van der Waals surface area contributed by atoms with Crippen LogP contribution in [-0.4, -0.2) is 25.0 Å². The SMILES string of the molecule is Cc1c(C(=O)NCC(C)(C)c2ccc3c(c2)OCO3)oc2c1C(=O)CC(C)(C)C2. The Morgan fingerprint density at radius 1 is 1.17 bits per heavy atom. The summed E-state index contributed by atoms with van der Waals surface area (Å²) in [7, 11) is 0. The molecule has 0 radical (unpaired) electrons. The van der Waals surface area contributed by atoms with E-state index in [0.717, 1.165) is 17.1 Å². The molecule has 1 aliphatic heterocycles. The highest BCUT2D eigenvalue weighted by Crippen LogP contribution is 2.39. The Morgan fingerprint density at radius 3 is 2.66 bits per heavy atom. The van der Waals surface area contributed by atoms with Crippen molar-refractivity contribution >= 4 is 11.7 Å². The Morgan fingerprint density at radius 2 is 1.90 bits per heavy atom. The average molecular weight is 397 g/mol. The van der Waals surface area contributed by atoms with E-state index in [1.165, 1.54) is 0 Å². The average Bonchev–Trinajstić information content (AvgIpc) is 3.22. The van der Waals surface area contributed by atoms with Crippen LogP contribution in [0.2, 0.25) is 0 Å². The first-order valence-corrected chi connectivity index (χ1v) is 9.91. The fourth-order valence-corrected chi connectivity index (χ4v) is 4.10. The Bertz CT molecular complexity index is 999. The Balaban J connectivity index is 1.51. The number of rotatable bonds is 4. The van der Waals surface area contributed by atoms with E-state index in [0.29, 0.717) is 36.3 Å². The zero-order valence-electron chi connectivity index (χ0n) is 17.6. The number of amides is 1. The van der Waals surface area contributed by atoms with E-state index in [2.05, 4.69) is 19.2 Å². The lowest BCUT2D eigenvalue weighted by atomic mass is 9.76. The molecule has 1 amide bonds. The third-order valence-electron chi connectivity index (χ3n) is 5.83. The van der Waals surface area contributed by atoms with Crippen LogP contribution >= 0.6 is 0 Å². The molecule has 0 bridgehead atoms. The highest BCUT2D eigenvalue weighted by atomic mass is 16.7. The summed E-state index contributed by atoms with van der Waals surface area (Å²) in [6.45, 7) is 10.6. The number of carbonyl (C=O) groups is 2. The molecule has 0 saturated heterocycles. The second kappa shape index (κ2) is 6.65. The van der Waals surface area contributed by atoms with Crippen molar-refractivity contribution in [2.75, 3.05) is 13.3 Å². The van der Waals surface area contributed by atoms with Crippen molar-refractivity contribution in [2.45, 2.75) is 52.9 Å². The molecule has 1 aromatic heterocycles. The number of nitrogens with one attached hydrogen (secondary N) is 1. The molecule has 29 heavy (non-hydrogen) atoms. The van der Waals surface area contributed by atoms with Gasteiger partial charge in [0, 0.05) is 30.4 Å². The number of ketones is 1. The van der Waals surface area contributed by atoms with E-state index in [1.54, 1.807) is 6.92 Å². The molecule has 0 saturated carbocycles. The molecule has 6 heteroatoms. The van der Waals surface area contributed by atoms with Crippen molar-refractivity contribution in [1.29, 1.82) is 0 Å². The minimum Gasteiger partial charge on any atom is -0.455 e. The third kappa shape index (κ3) is 3.52. The van der Waals surface area contributed by atoms with E-state index < -0.39 is 0 Å². The van der Waals surface area contributed by atoms with Crippen molar-refractivity contribution in [3.63, 3.8) is 0 Å². The van der Waals surface area contributed by atoms with E-state index in [-0.39, 0.29) is 35.1 Å². The molecule has 2 aromatic rings. The lowest BCUT2D eigenvalue weighted by Crippen LogP contribution is -2.36. The highest BCUT2D eigenvalue weighted by Gasteiger charge is 2.37. The number of carbonyl (C=O) groups excluding carboxylic acids is 2. The van der Waals surface area contributed by atoms with Crippen molar-refractivity contribution in [3.8, 4) is 11.5 Å². The second-order valence-electron chi connectivity index (χ2n) is 9.43. The van der Waals surface area contributed by atoms with Crippen molar-refractivity contribution in [3.05, 3.63) is 46.4 Å². The summed E-state index contributed by atoms with van der Waals surface area (Å²) in [5.41, 5.74) is 1.79. The summed E-state index contributed by atoms with van der Waals surface area (Å²) in [4.78, 5) is 25.4. The van der Waals surface area contributed by atoms with E-state index >= 15 is 0 Å². The molecule has 2 heterocycles. The van der Waals surface area contributed by atoms with E-state index in [4.69, 9.17) is 13.9 Å². The van der Waals surface area contributed by atoms with Gasteiger partial charge in [-0.05, 0) is 30.0 Å². The van der Waals surface area contributed by atoms with Crippen LogP contribution in [0.3, 0.4) is 0 Å². The number of hydrogen-bond donors (Lipinski definition) is 1. The largest absolute Gasteiger partial charge is 0.455 e. The predicted molar refractivity (Wildman–Crippen MR) is 108 cm³/mol. The maximum absolute atomic E-state index is 12.9. The summed E-state index contributed by atoms with van der Waals surface area (Å²) in [6.07, 6.45) is 1.13. The maximum Gasteiger partial charge on any atom is 0.287 e. The first-order valence-electron chi connectivity index (χ1n) is 9.91. The molecule has 154 valence electrons. The van der Waals surface area contributed by atoms with Gasteiger partial charge in [0.05, 0.1) is 5.56 Å². The molecule has 1 aliphatic carbocycles. The molecule has 2 aliphatic rings. The van der Waals surface area contributed by atoms with Gasteiger partial charge in [0.25, 0.3) is 5.91 Å². The summed E-state index contributed by atoms with van der Waals surface area (Å²) in [5, 5.41) is 2.97. The van der Waals surface area contributed by atoms with Crippen LogP contribution in [0.4, 0.5) is 0 Å². The van der Waals surface area contributed by atoms with Gasteiger partial charge in [-0.2, -0.15) is 0 Å². The number of furan rings is 1. The standard InChI is InChI=1S/C23H27NO5/c1-13-19-15(25)9-22(2,3)10-18(19)29-20(13)21(26)24-11-23(4,5)14-6-7-16-17(8-14)28-12-27-16/h6-8H,9-12H2,1-5H3,(H,24,26). The monoisotopic (exact) mass is 397 g/mol. The molecule has 6 nitrogen and oxygen atoms in total. The quantitative estimate of drug-likeness (QED) is 0.837. The summed E-state index contributed by atoms with van der Waals surface area (Å²) >= 11 is 0. The van der Waals surface area contributed by atoms with Gasteiger partial charge in [-0.3, -0.25) is 9.59 Å². The number of hydrogen-bond acceptors (Lipinski definition) is 5. The molecule has 1 N–H and O–H groups in total. The lowest BCUT2D eigenvalue weighted by Gasteiger charge is -2.27. The van der Waals surface area contributed by atoms with Gasteiger partial charge in [-0.15, -0.1) is 0 Å². The Labute approximate surface area is 170 Å². The van der Waals surface area contributed by atoms with Gasteiger partial charge in [-0.1, -0.05) is 33.8 Å². The van der Waals surface area contributed by atoms with E-state index in [9.17, 15) is 9.59 Å². The fourth-order valence-electron chi connectivity index (χ4n) is 4.10. The van der Waals surface area contributed by atoms with Crippen LogP contribution in [0.1, 0.15) is 71.9 Å². The normalized spacial score (nSPS) is 17.2. The van der Waals surface area contributed by atoms with Crippen molar-refractivity contribution in [2.24, 2.45) is 5.41 Å². The zero-order valence-corrected chi connectivity index (χ0v) is 17.6. The van der Waals surface area contributed by atoms with E-state index in [1.807, 2.05) is 32.0 Å². The van der Waals surface area contributed by atoms with Crippen molar-refractivity contribution in [1.82, 2.24) is 5.32 Å². The first-order chi connectivity index (χ1) is 13.6. The van der Waals surface area contributed by atoms with Gasteiger partial charge in [0.2, 0.25) is 6.79 Å². The third-order valence-corrected chi connectivity index (χ3v) is 5.83. The van der Waals surface area contributed by atoms with Gasteiger partial charge >= 0.3 is 0 Å². The highest BCUT2D eigenvalue weighted by molar-refractivity contribution is 6.03. The molecular weight excluding hydrogens is 370 g/mol. The summed E-state index contributed by atoms with van der Waals surface area (Å²) in [6, 6.07) is 5.82. The maximum atomic E-state index is 12.9. The molecule has 1 aromatic carbocycles. The smallest absolute Gasteiger partial charge is 0.287 e. The molecule has 0 unspecified atom stereocenters. The van der Waals surface area contributed by atoms with Gasteiger partial charge in [0.15, 0.2) is 23.0 Å². The minimum absolute atomic E-state index is 0.0530.